The molecule has 1 aliphatic heterocycles. The predicted molar refractivity (Wildman–Crippen MR) is 190 cm³/mol. The smallest absolute Gasteiger partial charge is 0.151 e. The molecule has 252 valence electrons. The van der Waals surface area contributed by atoms with Crippen molar-refractivity contribution in [3.05, 3.63) is 120 Å². The molecule has 48 heavy (non-hydrogen) atoms. The normalized spacial score (nSPS) is 17.3. The van der Waals surface area contributed by atoms with Crippen LogP contribution in [0.15, 0.2) is 107 Å². The SMILES string of the molecule is C(=N\c1ccccn1)/c1ccc(CN2CCOCCOCCN(Cc3ccc(/C=N/c4ccccn4)cc3)CCOCCOCC2)cc1. The summed E-state index contributed by atoms with van der Waals surface area (Å²) in [4.78, 5) is 22.1. The van der Waals surface area contributed by atoms with E-state index in [2.05, 4.69) is 78.3 Å². The number of hydrogen-bond acceptors (Lipinski definition) is 10. The molecule has 0 aliphatic carbocycles. The molecule has 1 fully saturated rings. The molecule has 0 N–H and O–H groups in total. The summed E-state index contributed by atoms with van der Waals surface area (Å²) in [5, 5.41) is 0. The zero-order valence-corrected chi connectivity index (χ0v) is 27.6. The molecule has 1 aliphatic rings. The van der Waals surface area contributed by atoms with Gasteiger partial charge in [-0.15, -0.1) is 0 Å². The van der Waals surface area contributed by atoms with Crippen LogP contribution in [0.1, 0.15) is 22.3 Å². The first-order chi connectivity index (χ1) is 23.8. The van der Waals surface area contributed by atoms with Crippen molar-refractivity contribution in [1.29, 1.82) is 0 Å². The topological polar surface area (TPSA) is 93.9 Å². The zero-order valence-electron chi connectivity index (χ0n) is 27.6. The lowest BCUT2D eigenvalue weighted by Crippen LogP contribution is -2.32. The number of rotatable bonds is 8. The van der Waals surface area contributed by atoms with E-state index in [1.807, 2.05) is 48.8 Å². The maximum Gasteiger partial charge on any atom is 0.151 e. The van der Waals surface area contributed by atoms with Crippen molar-refractivity contribution < 1.29 is 18.9 Å². The Kier molecular flexibility index (Phi) is 15.3. The van der Waals surface area contributed by atoms with Crippen LogP contribution in [0.25, 0.3) is 0 Å². The van der Waals surface area contributed by atoms with Gasteiger partial charge in [-0.3, -0.25) is 9.80 Å². The number of ether oxygens (including phenoxy) is 4. The molecule has 0 spiro atoms. The average molecular weight is 651 g/mol. The first-order valence-electron chi connectivity index (χ1n) is 16.6. The van der Waals surface area contributed by atoms with Crippen molar-refractivity contribution in [1.82, 2.24) is 19.8 Å². The Labute approximate surface area is 284 Å². The Bertz CT molecular complexity index is 1350. The summed E-state index contributed by atoms with van der Waals surface area (Å²) < 4.78 is 23.8. The first kappa shape index (κ1) is 35.2. The lowest BCUT2D eigenvalue weighted by atomic mass is 10.1. The van der Waals surface area contributed by atoms with Gasteiger partial charge in [0.2, 0.25) is 0 Å². The number of aromatic nitrogens is 2. The van der Waals surface area contributed by atoms with Crippen LogP contribution in [0.3, 0.4) is 0 Å². The van der Waals surface area contributed by atoms with Gasteiger partial charge in [0.15, 0.2) is 11.6 Å². The minimum absolute atomic E-state index is 0.569. The summed E-state index contributed by atoms with van der Waals surface area (Å²) in [5.41, 5.74) is 4.54. The van der Waals surface area contributed by atoms with Gasteiger partial charge in [0.1, 0.15) is 0 Å². The van der Waals surface area contributed by atoms with E-state index < -0.39 is 0 Å². The Balaban J connectivity index is 1.04. The summed E-state index contributed by atoms with van der Waals surface area (Å²) >= 11 is 0. The summed E-state index contributed by atoms with van der Waals surface area (Å²) in [6.45, 7) is 9.68. The Morgan fingerprint density at radius 1 is 0.479 bits per heavy atom. The van der Waals surface area contributed by atoms with E-state index in [4.69, 9.17) is 18.9 Å². The highest BCUT2D eigenvalue weighted by atomic mass is 16.5. The molecule has 0 bridgehead atoms. The van der Waals surface area contributed by atoms with E-state index in [1.54, 1.807) is 12.4 Å². The van der Waals surface area contributed by atoms with E-state index in [1.165, 1.54) is 11.1 Å². The second kappa shape index (κ2) is 20.9. The predicted octanol–water partition coefficient (Wildman–Crippen LogP) is 5.36. The van der Waals surface area contributed by atoms with Crippen molar-refractivity contribution >= 4 is 24.1 Å². The van der Waals surface area contributed by atoms with Crippen LogP contribution in [0, 0.1) is 0 Å². The fourth-order valence-corrected chi connectivity index (χ4v) is 5.03. The quantitative estimate of drug-likeness (QED) is 0.235. The van der Waals surface area contributed by atoms with Gasteiger partial charge in [0.25, 0.3) is 0 Å². The van der Waals surface area contributed by atoms with Crippen LogP contribution in [0.2, 0.25) is 0 Å². The highest BCUT2D eigenvalue weighted by Crippen LogP contribution is 2.11. The summed E-state index contributed by atoms with van der Waals surface area (Å²) in [6.07, 6.45) is 7.17. The van der Waals surface area contributed by atoms with Gasteiger partial charge in [-0.05, 0) is 46.5 Å². The number of pyridine rings is 2. The highest BCUT2D eigenvalue weighted by molar-refractivity contribution is 5.82. The lowest BCUT2D eigenvalue weighted by molar-refractivity contribution is 0.00624. The molecule has 5 rings (SSSR count). The number of nitrogens with zero attached hydrogens (tertiary/aromatic N) is 6. The Morgan fingerprint density at radius 2 is 0.854 bits per heavy atom. The van der Waals surface area contributed by atoms with Crippen molar-refractivity contribution in [3.63, 3.8) is 0 Å². The fourth-order valence-electron chi connectivity index (χ4n) is 5.03. The largest absolute Gasteiger partial charge is 0.378 e. The molecular formula is C38H46N6O4. The molecule has 0 unspecified atom stereocenters. The van der Waals surface area contributed by atoms with Crippen LogP contribution in [-0.2, 0) is 32.0 Å². The highest BCUT2D eigenvalue weighted by Gasteiger charge is 2.09. The van der Waals surface area contributed by atoms with Gasteiger partial charge >= 0.3 is 0 Å². The molecule has 2 aromatic carbocycles. The molecule has 0 saturated carbocycles. The molecule has 2 aromatic heterocycles. The van der Waals surface area contributed by atoms with Crippen molar-refractivity contribution in [2.45, 2.75) is 13.1 Å². The first-order valence-corrected chi connectivity index (χ1v) is 16.6. The number of benzene rings is 2. The van der Waals surface area contributed by atoms with Crippen LogP contribution in [0.5, 0.6) is 0 Å². The summed E-state index contributed by atoms with van der Waals surface area (Å²) in [6, 6.07) is 28.3. The van der Waals surface area contributed by atoms with E-state index in [9.17, 15) is 0 Å². The summed E-state index contributed by atoms with van der Waals surface area (Å²) in [5.74, 6) is 1.40. The molecule has 10 nitrogen and oxygen atoms in total. The minimum atomic E-state index is 0.569. The Hall–Kier alpha value is -4.16. The van der Waals surface area contributed by atoms with Crippen molar-refractivity contribution in [2.24, 2.45) is 9.98 Å². The van der Waals surface area contributed by atoms with Gasteiger partial charge in [-0.1, -0.05) is 60.7 Å². The van der Waals surface area contributed by atoms with Crippen LogP contribution in [-0.4, -0.2) is 111 Å². The molecule has 3 heterocycles. The monoisotopic (exact) mass is 650 g/mol. The second-order valence-electron chi connectivity index (χ2n) is 11.4. The lowest BCUT2D eigenvalue weighted by Gasteiger charge is -2.24. The minimum Gasteiger partial charge on any atom is -0.378 e. The second-order valence-corrected chi connectivity index (χ2v) is 11.4. The molecule has 0 amide bonds. The van der Waals surface area contributed by atoms with E-state index in [0.717, 1.165) is 50.4 Å². The Morgan fingerprint density at radius 3 is 1.19 bits per heavy atom. The summed E-state index contributed by atoms with van der Waals surface area (Å²) in [7, 11) is 0. The molecule has 0 radical (unpaired) electrons. The van der Waals surface area contributed by atoms with E-state index >= 15 is 0 Å². The zero-order chi connectivity index (χ0) is 32.9. The fraction of sp³-hybridized carbons (Fsp3) is 0.368. The molecule has 10 heteroatoms. The van der Waals surface area contributed by atoms with Gasteiger partial charge in [-0.25, -0.2) is 20.0 Å². The van der Waals surface area contributed by atoms with Gasteiger partial charge in [-0.2, -0.15) is 0 Å². The number of aliphatic imine (C=N–C) groups is 2. The van der Waals surface area contributed by atoms with Gasteiger partial charge < -0.3 is 18.9 Å². The maximum absolute atomic E-state index is 5.94. The number of hydrogen-bond donors (Lipinski definition) is 0. The average Bonchev–Trinajstić information content (AvgIpc) is 3.13. The van der Waals surface area contributed by atoms with Crippen molar-refractivity contribution in [3.8, 4) is 0 Å². The van der Waals surface area contributed by atoms with Crippen molar-refractivity contribution in [2.75, 3.05) is 79.0 Å². The van der Waals surface area contributed by atoms with Gasteiger partial charge in [0.05, 0.1) is 52.9 Å². The molecule has 4 aromatic rings. The third-order valence-corrected chi connectivity index (χ3v) is 7.71. The third kappa shape index (κ3) is 13.5. The third-order valence-electron chi connectivity index (χ3n) is 7.71. The van der Waals surface area contributed by atoms with E-state index in [-0.39, 0.29) is 0 Å². The molecular weight excluding hydrogens is 604 g/mol. The van der Waals surface area contributed by atoms with Crippen LogP contribution >= 0.6 is 0 Å². The van der Waals surface area contributed by atoms with Gasteiger partial charge in [0, 0.05) is 64.1 Å². The maximum atomic E-state index is 5.94. The standard InChI is InChI=1S/C38H46N6O4/c1-3-15-39-37(5-1)41-29-33-7-11-35(12-8-33)31-43-17-21-45-25-27-47-23-19-44(20-24-48-28-26-46-22-18-43)32-36-13-9-34(10-14-36)30-42-38-6-2-4-16-40-38/h1-16,29-30H,17-28,31-32H2/b41-29+,42-30+. The molecule has 0 atom stereocenters. The van der Waals surface area contributed by atoms with Crippen LogP contribution < -0.4 is 0 Å². The van der Waals surface area contributed by atoms with Crippen LogP contribution in [0.4, 0.5) is 11.6 Å². The van der Waals surface area contributed by atoms with E-state index in [0.29, 0.717) is 64.5 Å². The molecule has 1 saturated heterocycles.